The average molecular weight is 519 g/mol. The molecule has 0 bridgehead atoms. The summed E-state index contributed by atoms with van der Waals surface area (Å²) >= 11 is 0. The largest absolute Gasteiger partial charge is 0.389 e. The van der Waals surface area contributed by atoms with Crippen molar-refractivity contribution in [2.75, 3.05) is 25.1 Å². The highest BCUT2D eigenvalue weighted by Crippen LogP contribution is 2.29. The molecule has 8 heteroatoms. The van der Waals surface area contributed by atoms with Crippen LogP contribution in [0.15, 0.2) is 78.9 Å². The Morgan fingerprint density at radius 1 is 0.921 bits per heavy atom. The third-order valence-electron chi connectivity index (χ3n) is 7.02. The van der Waals surface area contributed by atoms with Gasteiger partial charge in [0, 0.05) is 17.8 Å². The lowest BCUT2D eigenvalue weighted by molar-refractivity contribution is -0.149. The molecule has 2 amide bonds. The van der Waals surface area contributed by atoms with E-state index in [-0.39, 0.29) is 50.1 Å². The molecule has 0 radical (unpaired) electrons. The summed E-state index contributed by atoms with van der Waals surface area (Å²) in [5.74, 6) is -0.864. The summed E-state index contributed by atoms with van der Waals surface area (Å²) in [4.78, 5) is 27.7. The minimum atomic E-state index is -0.836. The maximum atomic E-state index is 13.4. The Hall–Kier alpha value is -3.59. The maximum absolute atomic E-state index is 13.4. The lowest BCUT2D eigenvalue weighted by Crippen LogP contribution is -2.57. The van der Waals surface area contributed by atoms with Crippen LogP contribution in [0.2, 0.25) is 0 Å². The Balaban J connectivity index is 1.21. The highest BCUT2D eigenvalue weighted by Gasteiger charge is 2.40. The molecule has 5 rings (SSSR count). The van der Waals surface area contributed by atoms with E-state index in [0.717, 1.165) is 11.1 Å². The van der Waals surface area contributed by atoms with Crippen molar-refractivity contribution >= 4 is 17.5 Å². The predicted molar refractivity (Wildman–Crippen MR) is 141 cm³/mol. The first kappa shape index (κ1) is 26.0. The number of halogens is 1. The van der Waals surface area contributed by atoms with Crippen LogP contribution in [0.1, 0.15) is 29.6 Å². The molecule has 198 valence electrons. The van der Waals surface area contributed by atoms with Gasteiger partial charge in [-0.3, -0.25) is 9.59 Å². The first-order valence-electron chi connectivity index (χ1n) is 12.9. The minimum Gasteiger partial charge on any atom is -0.389 e. The summed E-state index contributed by atoms with van der Waals surface area (Å²) in [6, 6.07) is 22.8. The van der Waals surface area contributed by atoms with Gasteiger partial charge in [0.25, 0.3) is 5.91 Å². The van der Waals surface area contributed by atoms with E-state index in [9.17, 15) is 19.1 Å². The number of hydrogen-bond acceptors (Lipinski definition) is 5. The fourth-order valence-corrected chi connectivity index (χ4v) is 5.13. The van der Waals surface area contributed by atoms with Gasteiger partial charge < -0.3 is 24.8 Å². The Labute approximate surface area is 221 Å². The number of amides is 2. The highest BCUT2D eigenvalue weighted by molar-refractivity contribution is 5.94. The number of hydrogen-bond donors (Lipinski definition) is 2. The van der Waals surface area contributed by atoms with Crippen LogP contribution >= 0.6 is 0 Å². The lowest BCUT2D eigenvalue weighted by Gasteiger charge is -2.44. The van der Waals surface area contributed by atoms with E-state index in [1.807, 2.05) is 54.6 Å². The van der Waals surface area contributed by atoms with E-state index in [2.05, 4.69) is 5.32 Å². The van der Waals surface area contributed by atoms with Gasteiger partial charge in [-0.2, -0.15) is 0 Å². The van der Waals surface area contributed by atoms with Gasteiger partial charge in [-0.05, 0) is 60.4 Å². The van der Waals surface area contributed by atoms with E-state index in [0.29, 0.717) is 24.1 Å². The Bertz CT molecular complexity index is 1240. The van der Waals surface area contributed by atoms with Crippen LogP contribution in [0, 0.1) is 5.82 Å². The summed E-state index contributed by atoms with van der Waals surface area (Å²) in [7, 11) is 0. The van der Waals surface area contributed by atoms with Gasteiger partial charge in [-0.25, -0.2) is 4.39 Å². The molecule has 2 aliphatic rings. The van der Waals surface area contributed by atoms with Crippen LogP contribution in [-0.2, 0) is 14.3 Å². The van der Waals surface area contributed by atoms with Crippen LogP contribution in [0.4, 0.5) is 10.1 Å². The average Bonchev–Trinajstić information content (AvgIpc) is 2.92. The fraction of sp³-hybridized carbons (Fsp3) is 0.333. The van der Waals surface area contributed by atoms with Gasteiger partial charge in [0.1, 0.15) is 11.9 Å². The molecule has 38 heavy (non-hydrogen) atoms. The zero-order valence-electron chi connectivity index (χ0n) is 21.0. The second-order valence-corrected chi connectivity index (χ2v) is 9.79. The van der Waals surface area contributed by atoms with Gasteiger partial charge in [-0.1, -0.05) is 42.5 Å². The Morgan fingerprint density at radius 3 is 2.37 bits per heavy atom. The van der Waals surface area contributed by atoms with Crippen molar-refractivity contribution in [2.45, 2.75) is 43.6 Å². The van der Waals surface area contributed by atoms with Gasteiger partial charge >= 0.3 is 0 Å². The van der Waals surface area contributed by atoms with Crippen LogP contribution in [-0.4, -0.2) is 65.9 Å². The molecule has 0 spiro atoms. The summed E-state index contributed by atoms with van der Waals surface area (Å²) in [5.41, 5.74) is 3.23. The molecular weight excluding hydrogens is 487 g/mol. The number of anilines is 1. The number of nitrogens with zero attached hydrogens (tertiary/aromatic N) is 1. The highest BCUT2D eigenvalue weighted by atomic mass is 19.1. The molecule has 3 aromatic carbocycles. The van der Waals surface area contributed by atoms with E-state index in [1.54, 1.807) is 4.90 Å². The predicted octanol–water partition coefficient (Wildman–Crippen LogP) is 4.27. The third kappa shape index (κ3) is 6.27. The monoisotopic (exact) mass is 518 g/mol. The summed E-state index contributed by atoms with van der Waals surface area (Å²) in [5, 5.41) is 13.3. The molecule has 2 fully saturated rings. The number of benzene rings is 3. The number of nitrogens with one attached hydrogen (secondary N) is 1. The zero-order chi connectivity index (χ0) is 26.5. The maximum Gasteiger partial charge on any atom is 0.254 e. The number of rotatable bonds is 5. The molecule has 2 saturated heterocycles. The molecule has 3 aromatic rings. The minimum absolute atomic E-state index is 0.0733. The van der Waals surface area contributed by atoms with Crippen molar-refractivity contribution in [2.24, 2.45) is 0 Å². The van der Waals surface area contributed by atoms with Crippen molar-refractivity contribution in [3.8, 4) is 11.1 Å². The van der Waals surface area contributed by atoms with Crippen LogP contribution < -0.4 is 5.32 Å². The second kappa shape index (κ2) is 11.9. The van der Waals surface area contributed by atoms with Crippen LogP contribution in [0.3, 0.4) is 0 Å². The molecule has 0 aliphatic carbocycles. The number of aliphatic hydroxyl groups excluding tert-OH is 1. The first-order valence-corrected chi connectivity index (χ1v) is 12.9. The molecule has 2 heterocycles. The van der Waals surface area contributed by atoms with E-state index < -0.39 is 18.0 Å². The number of carbonyl (C=O) groups is 2. The molecule has 4 atom stereocenters. The van der Waals surface area contributed by atoms with E-state index in [4.69, 9.17) is 9.47 Å². The van der Waals surface area contributed by atoms with Crippen molar-refractivity contribution < 1.29 is 28.6 Å². The lowest BCUT2D eigenvalue weighted by atomic mass is 9.94. The van der Waals surface area contributed by atoms with Crippen molar-refractivity contribution in [3.05, 3.63) is 90.2 Å². The normalized spacial score (nSPS) is 23.6. The third-order valence-corrected chi connectivity index (χ3v) is 7.02. The summed E-state index contributed by atoms with van der Waals surface area (Å²) in [6.07, 6.45) is -0.253. The number of fused-ring (bicyclic) bond motifs is 1. The van der Waals surface area contributed by atoms with Gasteiger partial charge in [0.2, 0.25) is 5.91 Å². The molecule has 0 unspecified atom stereocenters. The zero-order valence-corrected chi connectivity index (χ0v) is 21.0. The number of β-amino-alcohol motifs (C(OH)–C–C–N with tert-alkyl or cyclic N) is 1. The number of ether oxygens (including phenoxy) is 2. The molecular formula is C30H31FN2O5. The molecule has 2 N–H and O–H groups in total. The van der Waals surface area contributed by atoms with Crippen molar-refractivity contribution in [3.63, 3.8) is 0 Å². The molecule has 7 nitrogen and oxygen atoms in total. The second-order valence-electron chi connectivity index (χ2n) is 9.79. The Morgan fingerprint density at radius 2 is 1.63 bits per heavy atom. The topological polar surface area (TPSA) is 88.1 Å². The fourth-order valence-electron chi connectivity index (χ4n) is 5.13. The SMILES string of the molecule is O=C(C[C@H]1CC[C@@H]2[C@H](COC[C@H](O)CN2C(=O)c2ccc(F)cc2)O1)Nc1ccc(-c2ccccc2)cc1. The quantitative estimate of drug-likeness (QED) is 0.527. The van der Waals surface area contributed by atoms with Crippen molar-refractivity contribution in [1.82, 2.24) is 4.90 Å². The summed E-state index contributed by atoms with van der Waals surface area (Å²) in [6.45, 7) is 0.364. The van der Waals surface area contributed by atoms with Crippen LogP contribution in [0.5, 0.6) is 0 Å². The van der Waals surface area contributed by atoms with E-state index in [1.165, 1.54) is 24.3 Å². The first-order chi connectivity index (χ1) is 18.5. The number of carbonyl (C=O) groups excluding carboxylic acids is 2. The van der Waals surface area contributed by atoms with Gasteiger partial charge in [0.15, 0.2) is 0 Å². The summed E-state index contributed by atoms with van der Waals surface area (Å²) < 4.78 is 25.3. The Kier molecular flexibility index (Phi) is 8.12. The smallest absolute Gasteiger partial charge is 0.254 e. The van der Waals surface area contributed by atoms with Crippen LogP contribution in [0.25, 0.3) is 11.1 Å². The standard InChI is InChI=1S/C30H31FN2O5/c31-23-10-6-22(7-11-23)30(36)33-17-25(34)18-37-19-28-27(33)15-14-26(38-28)16-29(35)32-24-12-8-21(9-13-24)20-4-2-1-3-5-20/h1-13,25-28,34H,14-19H2,(H,32,35)/t25-,26-,27-,28+/m1/s1. The molecule has 2 aliphatic heterocycles. The van der Waals surface area contributed by atoms with E-state index >= 15 is 0 Å². The van der Waals surface area contributed by atoms with Gasteiger partial charge in [-0.15, -0.1) is 0 Å². The number of aliphatic hydroxyl groups is 1. The molecule has 0 saturated carbocycles. The van der Waals surface area contributed by atoms with Gasteiger partial charge in [0.05, 0.1) is 37.9 Å². The van der Waals surface area contributed by atoms with Crippen molar-refractivity contribution in [1.29, 1.82) is 0 Å². The molecule has 0 aromatic heterocycles.